The van der Waals surface area contributed by atoms with Crippen molar-refractivity contribution in [3.8, 4) is 16.9 Å². The Bertz CT molecular complexity index is 1370. The van der Waals surface area contributed by atoms with Crippen molar-refractivity contribution in [2.24, 2.45) is 17.6 Å². The number of ketones is 2. The van der Waals surface area contributed by atoms with Gasteiger partial charge in [-0.1, -0.05) is 18.2 Å². The van der Waals surface area contributed by atoms with E-state index in [4.69, 9.17) is 11.5 Å². The third-order valence-electron chi connectivity index (χ3n) is 7.14. The van der Waals surface area contributed by atoms with Crippen LogP contribution in [0.5, 0.6) is 5.75 Å². The number of carbonyl (C=O) groups excluding carboxylic acids is 3. The zero-order chi connectivity index (χ0) is 24.5. The first kappa shape index (κ1) is 21.7. The van der Waals surface area contributed by atoms with Gasteiger partial charge in [-0.15, -0.1) is 0 Å². The Morgan fingerprint density at radius 3 is 2.47 bits per heavy atom. The van der Waals surface area contributed by atoms with Crippen molar-refractivity contribution in [1.82, 2.24) is 0 Å². The molecule has 9 nitrogen and oxygen atoms in total. The molecule has 3 aliphatic rings. The van der Waals surface area contributed by atoms with E-state index in [9.17, 15) is 34.8 Å². The highest BCUT2D eigenvalue weighted by atomic mass is 16.3. The van der Waals surface area contributed by atoms with E-state index in [1.807, 2.05) is 6.07 Å². The maximum absolute atomic E-state index is 13.5. The number of hydrogen-bond acceptors (Lipinski definition) is 8. The Balaban J connectivity index is 1.71. The van der Waals surface area contributed by atoms with Crippen molar-refractivity contribution in [2.45, 2.75) is 24.9 Å². The highest BCUT2D eigenvalue weighted by Gasteiger charge is 2.60. The van der Waals surface area contributed by atoms with Gasteiger partial charge in [-0.2, -0.15) is 0 Å². The molecule has 5 rings (SSSR count). The van der Waals surface area contributed by atoms with Crippen molar-refractivity contribution in [1.29, 1.82) is 0 Å². The largest absolute Gasteiger partial charge is 0.508 e. The van der Waals surface area contributed by atoms with Crippen molar-refractivity contribution in [2.75, 3.05) is 5.73 Å². The van der Waals surface area contributed by atoms with Crippen molar-refractivity contribution < 1.29 is 34.8 Å². The molecule has 0 unspecified atom stereocenters. The molecule has 34 heavy (non-hydrogen) atoms. The summed E-state index contributed by atoms with van der Waals surface area (Å²) in [5.74, 6) is -6.49. The number of rotatable bonds is 2. The number of hydrogen-bond donors (Lipinski definition) is 6. The Hall–Kier alpha value is -4.11. The molecule has 0 radical (unpaired) electrons. The maximum atomic E-state index is 13.5. The molecule has 0 spiro atoms. The molecule has 3 aliphatic carbocycles. The smallest absolute Gasteiger partial charge is 0.255 e. The fraction of sp³-hybridized carbons (Fsp3) is 0.240. The molecule has 1 fully saturated rings. The van der Waals surface area contributed by atoms with Gasteiger partial charge >= 0.3 is 0 Å². The summed E-state index contributed by atoms with van der Waals surface area (Å²) in [4.78, 5) is 37.7. The molecule has 0 aliphatic heterocycles. The second-order valence-corrected chi connectivity index (χ2v) is 9.02. The molecule has 2 aromatic carbocycles. The molecule has 0 bridgehead atoms. The number of fused-ring (bicyclic) bond motifs is 3. The normalized spacial score (nSPS) is 26.1. The monoisotopic (exact) mass is 462 g/mol. The Kier molecular flexibility index (Phi) is 4.60. The van der Waals surface area contributed by atoms with E-state index < -0.39 is 52.0 Å². The van der Waals surface area contributed by atoms with Gasteiger partial charge in [0.2, 0.25) is 5.78 Å². The van der Waals surface area contributed by atoms with E-state index in [0.717, 1.165) is 5.56 Å². The van der Waals surface area contributed by atoms with Gasteiger partial charge in [-0.3, -0.25) is 14.4 Å². The van der Waals surface area contributed by atoms with Crippen molar-refractivity contribution in [3.63, 3.8) is 0 Å². The first-order valence-electron chi connectivity index (χ1n) is 10.7. The second kappa shape index (κ2) is 7.19. The lowest BCUT2D eigenvalue weighted by Crippen LogP contribution is -2.58. The molecule has 174 valence electrons. The minimum Gasteiger partial charge on any atom is -0.508 e. The summed E-state index contributed by atoms with van der Waals surface area (Å²) in [6.45, 7) is 0. The van der Waals surface area contributed by atoms with Gasteiger partial charge in [0.1, 0.15) is 22.8 Å². The first-order chi connectivity index (χ1) is 16.1. The summed E-state index contributed by atoms with van der Waals surface area (Å²) >= 11 is 0. The summed E-state index contributed by atoms with van der Waals surface area (Å²) in [6.07, 6.45) is -0.0497. The number of anilines is 1. The number of phenols is 1. The third-order valence-corrected chi connectivity index (χ3v) is 7.14. The van der Waals surface area contributed by atoms with Gasteiger partial charge in [0.15, 0.2) is 11.4 Å². The van der Waals surface area contributed by atoms with E-state index in [0.29, 0.717) is 16.8 Å². The van der Waals surface area contributed by atoms with Crippen LogP contribution in [0, 0.1) is 11.8 Å². The second-order valence-electron chi connectivity index (χ2n) is 9.02. The van der Waals surface area contributed by atoms with Gasteiger partial charge in [0, 0.05) is 23.6 Å². The average molecular weight is 462 g/mol. The van der Waals surface area contributed by atoms with Crippen LogP contribution < -0.4 is 11.5 Å². The van der Waals surface area contributed by atoms with Crippen LogP contribution in [0.1, 0.15) is 24.0 Å². The Labute approximate surface area is 193 Å². The molecule has 9 heteroatoms. The molecule has 0 aromatic heterocycles. The van der Waals surface area contributed by atoms with E-state index in [1.165, 1.54) is 6.07 Å². The highest BCUT2D eigenvalue weighted by Crippen LogP contribution is 2.53. The summed E-state index contributed by atoms with van der Waals surface area (Å²) in [6, 6.07) is 10.2. The highest BCUT2D eigenvalue weighted by molar-refractivity contribution is 6.22. The summed E-state index contributed by atoms with van der Waals surface area (Å²) in [7, 11) is 0. The van der Waals surface area contributed by atoms with E-state index in [2.05, 4.69) is 0 Å². The number of Topliss-reactive ketones (excluding diaryl/α,β-unsaturated/α-hetero) is 2. The van der Waals surface area contributed by atoms with E-state index in [-0.39, 0.29) is 36.1 Å². The fourth-order valence-corrected chi connectivity index (χ4v) is 5.60. The van der Waals surface area contributed by atoms with Crippen molar-refractivity contribution in [3.05, 3.63) is 64.4 Å². The number of carbonyl (C=O) groups is 3. The fourth-order valence-electron chi connectivity index (χ4n) is 5.60. The predicted octanol–water partition coefficient (Wildman–Crippen LogP) is 1.67. The van der Waals surface area contributed by atoms with Crippen LogP contribution in [0.2, 0.25) is 0 Å². The predicted molar refractivity (Wildman–Crippen MR) is 121 cm³/mol. The van der Waals surface area contributed by atoms with Crippen LogP contribution in [0.3, 0.4) is 0 Å². The lowest BCUT2D eigenvalue weighted by Gasteiger charge is -2.46. The van der Waals surface area contributed by atoms with Gasteiger partial charge in [0.25, 0.3) is 5.91 Å². The zero-order valence-corrected chi connectivity index (χ0v) is 17.9. The van der Waals surface area contributed by atoms with Gasteiger partial charge in [-0.05, 0) is 53.6 Å². The van der Waals surface area contributed by atoms with Crippen LogP contribution in [-0.4, -0.2) is 43.5 Å². The Morgan fingerprint density at radius 2 is 1.79 bits per heavy atom. The molecule has 0 saturated heterocycles. The standard InChI is InChI=1S/C25H22N2O7/c26-13-3-1-2-10(7-13)14-4-5-16(28)19-15(14)8-11-6-12-9-17(29)20(24(27)33)23(32)25(12,34)22(31)18(11)21(19)30/h1-5,7,11-12,28,30,32,34H,6,8-9,26H2,(H2,27,33)/t11-,12+,25+/m1/s1. The van der Waals surface area contributed by atoms with Gasteiger partial charge in [-0.25, -0.2) is 0 Å². The number of nitrogens with two attached hydrogens (primary N) is 2. The van der Waals surface area contributed by atoms with E-state index >= 15 is 0 Å². The van der Waals surface area contributed by atoms with Crippen LogP contribution in [0.25, 0.3) is 16.9 Å². The number of nitrogen functional groups attached to an aromatic ring is 1. The number of aromatic hydroxyl groups is 1. The minimum atomic E-state index is -2.57. The van der Waals surface area contributed by atoms with Crippen LogP contribution in [0.4, 0.5) is 5.69 Å². The average Bonchev–Trinajstić information content (AvgIpc) is 2.76. The summed E-state index contributed by atoms with van der Waals surface area (Å²) in [5, 5.41) is 43.6. The molecular formula is C25H22N2O7. The third kappa shape index (κ3) is 2.80. The summed E-state index contributed by atoms with van der Waals surface area (Å²) in [5.41, 5.74) is 10.2. The number of aliphatic hydroxyl groups is 3. The van der Waals surface area contributed by atoms with Crippen LogP contribution in [0.15, 0.2) is 53.3 Å². The molecule has 0 heterocycles. The number of benzene rings is 2. The minimum absolute atomic E-state index is 0.0482. The number of phenolic OH excluding ortho intramolecular Hbond substituents is 1. The number of primary amides is 1. The lowest BCUT2D eigenvalue weighted by atomic mass is 9.59. The molecule has 8 N–H and O–H groups in total. The number of aliphatic hydroxyl groups excluding tert-OH is 2. The van der Waals surface area contributed by atoms with E-state index in [1.54, 1.807) is 24.3 Å². The lowest BCUT2D eigenvalue weighted by molar-refractivity contribution is -0.147. The quantitative estimate of drug-likeness (QED) is 0.287. The maximum Gasteiger partial charge on any atom is 0.255 e. The van der Waals surface area contributed by atoms with Gasteiger partial charge in [0.05, 0.1) is 5.56 Å². The van der Waals surface area contributed by atoms with Crippen LogP contribution in [-0.2, 0) is 20.8 Å². The van der Waals surface area contributed by atoms with Gasteiger partial charge < -0.3 is 31.9 Å². The first-order valence-corrected chi connectivity index (χ1v) is 10.7. The molecule has 2 aromatic rings. The van der Waals surface area contributed by atoms with Crippen molar-refractivity contribution >= 4 is 28.9 Å². The number of amides is 1. The Morgan fingerprint density at radius 1 is 1.06 bits per heavy atom. The SMILES string of the molecule is NC(=O)C1=C(O)[C@@]2(O)C(=O)C3=C(O)c4c(O)ccc(-c5cccc(N)c5)c4C[C@H]3C[C@H]2CC1=O. The summed E-state index contributed by atoms with van der Waals surface area (Å²) < 4.78 is 0. The molecule has 1 saturated carbocycles. The topological polar surface area (TPSA) is 184 Å². The molecule has 3 atom stereocenters. The van der Waals surface area contributed by atoms with Crippen LogP contribution >= 0.6 is 0 Å². The molecule has 1 amide bonds. The zero-order valence-electron chi connectivity index (χ0n) is 17.9. The molecular weight excluding hydrogens is 440 g/mol.